The van der Waals surface area contributed by atoms with Crippen LogP contribution >= 0.6 is 0 Å². The number of benzene rings is 1. The van der Waals surface area contributed by atoms with Gasteiger partial charge in [-0.25, -0.2) is 8.78 Å². The maximum absolute atomic E-state index is 13.1. The second-order valence-electron chi connectivity index (χ2n) is 5.84. The smallest absolute Gasteiger partial charge is 0.238 e. The Bertz CT molecular complexity index is 517. The summed E-state index contributed by atoms with van der Waals surface area (Å²) in [6.07, 6.45) is 2.20. The number of likely N-dealkylation sites (tertiary alicyclic amines) is 1. The molecule has 0 bridgehead atoms. The number of hydrogen-bond donors (Lipinski definition) is 2. The van der Waals surface area contributed by atoms with E-state index in [1.807, 2.05) is 0 Å². The van der Waals surface area contributed by atoms with Crippen LogP contribution in [-0.2, 0) is 4.79 Å². The first-order valence-electron chi connectivity index (χ1n) is 7.32. The van der Waals surface area contributed by atoms with Gasteiger partial charge in [-0.3, -0.25) is 9.69 Å². The van der Waals surface area contributed by atoms with Gasteiger partial charge in [0.05, 0.1) is 6.54 Å². The van der Waals surface area contributed by atoms with E-state index in [-0.39, 0.29) is 18.1 Å². The molecular weight excluding hydrogens is 276 g/mol. The van der Waals surface area contributed by atoms with Gasteiger partial charge in [-0.2, -0.15) is 0 Å². The number of carbonyl (C=O) groups is 1. The molecule has 3 rings (SSSR count). The number of nitrogens with zero attached hydrogens (tertiary/aromatic N) is 1. The quantitative estimate of drug-likeness (QED) is 0.890. The number of anilines is 1. The van der Waals surface area contributed by atoms with Gasteiger partial charge in [-0.15, -0.1) is 0 Å². The van der Waals surface area contributed by atoms with Crippen molar-refractivity contribution >= 4 is 11.6 Å². The summed E-state index contributed by atoms with van der Waals surface area (Å²) in [4.78, 5) is 14.1. The Balaban J connectivity index is 1.54. The summed E-state index contributed by atoms with van der Waals surface area (Å²) >= 11 is 0. The first-order valence-corrected chi connectivity index (χ1v) is 7.32. The molecule has 0 spiro atoms. The number of hydrogen-bond acceptors (Lipinski definition) is 3. The Labute approximate surface area is 122 Å². The Morgan fingerprint density at radius 1 is 1.29 bits per heavy atom. The molecule has 114 valence electrons. The van der Waals surface area contributed by atoms with Crippen LogP contribution in [0.3, 0.4) is 0 Å². The van der Waals surface area contributed by atoms with Crippen LogP contribution in [0.4, 0.5) is 14.5 Å². The number of nitrogens with one attached hydrogen (secondary N) is 2. The monoisotopic (exact) mass is 295 g/mol. The van der Waals surface area contributed by atoms with Crippen LogP contribution in [0.25, 0.3) is 0 Å². The van der Waals surface area contributed by atoms with Crippen molar-refractivity contribution in [3.63, 3.8) is 0 Å². The molecule has 0 aromatic heterocycles. The molecule has 21 heavy (non-hydrogen) atoms. The van der Waals surface area contributed by atoms with Crippen LogP contribution in [0.2, 0.25) is 0 Å². The minimum Gasteiger partial charge on any atom is -0.325 e. The van der Waals surface area contributed by atoms with Gasteiger partial charge in [-0.05, 0) is 37.4 Å². The number of carbonyl (C=O) groups excluding carboxylic acids is 1. The lowest BCUT2D eigenvalue weighted by molar-refractivity contribution is -0.117. The number of amides is 1. The molecule has 0 radical (unpaired) electrons. The number of fused-ring (bicyclic) bond motifs is 1. The minimum atomic E-state index is -0.692. The van der Waals surface area contributed by atoms with Gasteiger partial charge >= 0.3 is 0 Å². The molecule has 6 heteroatoms. The van der Waals surface area contributed by atoms with E-state index >= 15 is 0 Å². The molecule has 2 saturated heterocycles. The molecule has 2 fully saturated rings. The van der Waals surface area contributed by atoms with Crippen molar-refractivity contribution in [2.24, 2.45) is 5.92 Å². The summed E-state index contributed by atoms with van der Waals surface area (Å²) < 4.78 is 26.2. The highest BCUT2D eigenvalue weighted by Gasteiger charge is 2.32. The maximum Gasteiger partial charge on any atom is 0.238 e. The largest absolute Gasteiger partial charge is 0.325 e. The fourth-order valence-corrected chi connectivity index (χ4v) is 3.30. The predicted octanol–water partition coefficient (Wildman–Crippen LogP) is 1.59. The molecule has 0 aliphatic carbocycles. The van der Waals surface area contributed by atoms with E-state index in [0.717, 1.165) is 50.7 Å². The van der Waals surface area contributed by atoms with Crippen molar-refractivity contribution in [1.82, 2.24) is 10.2 Å². The summed E-state index contributed by atoms with van der Waals surface area (Å²) in [5, 5.41) is 6.03. The third-order valence-corrected chi connectivity index (χ3v) is 4.25. The van der Waals surface area contributed by atoms with Gasteiger partial charge in [0.25, 0.3) is 0 Å². The molecule has 2 N–H and O–H groups in total. The second-order valence-corrected chi connectivity index (χ2v) is 5.84. The zero-order valence-corrected chi connectivity index (χ0v) is 11.7. The molecular formula is C15H19F2N3O. The fraction of sp³-hybridized carbons (Fsp3) is 0.533. The molecule has 0 saturated carbocycles. The Kier molecular flexibility index (Phi) is 4.17. The van der Waals surface area contributed by atoms with Crippen LogP contribution < -0.4 is 10.6 Å². The van der Waals surface area contributed by atoms with Crippen LogP contribution in [-0.4, -0.2) is 43.0 Å². The summed E-state index contributed by atoms with van der Waals surface area (Å²) in [6.45, 7) is 3.10. The molecule has 2 unspecified atom stereocenters. The second kappa shape index (κ2) is 6.07. The zero-order valence-electron chi connectivity index (χ0n) is 11.7. The van der Waals surface area contributed by atoms with Crippen LogP contribution in [0.1, 0.15) is 12.8 Å². The summed E-state index contributed by atoms with van der Waals surface area (Å²) in [5.74, 6) is -1.01. The third-order valence-electron chi connectivity index (χ3n) is 4.25. The van der Waals surface area contributed by atoms with E-state index < -0.39 is 11.6 Å². The van der Waals surface area contributed by atoms with E-state index in [4.69, 9.17) is 0 Å². The van der Waals surface area contributed by atoms with E-state index in [1.165, 1.54) is 0 Å². The Morgan fingerprint density at radius 2 is 2.05 bits per heavy atom. The summed E-state index contributed by atoms with van der Waals surface area (Å²) in [7, 11) is 0. The number of rotatable bonds is 3. The number of piperidine rings is 1. The average molecular weight is 295 g/mol. The first kappa shape index (κ1) is 14.4. The van der Waals surface area contributed by atoms with Crippen molar-refractivity contribution in [3.05, 3.63) is 29.8 Å². The third kappa shape index (κ3) is 3.57. The lowest BCUT2D eigenvalue weighted by Crippen LogP contribution is -2.46. The normalized spacial score (nSPS) is 25.6. The van der Waals surface area contributed by atoms with Crippen molar-refractivity contribution in [3.8, 4) is 0 Å². The highest BCUT2D eigenvalue weighted by Crippen LogP contribution is 2.24. The minimum absolute atomic E-state index is 0.162. The van der Waals surface area contributed by atoms with E-state index in [9.17, 15) is 13.6 Å². The maximum atomic E-state index is 13.1. The van der Waals surface area contributed by atoms with Gasteiger partial charge < -0.3 is 10.6 Å². The van der Waals surface area contributed by atoms with Gasteiger partial charge in [0.1, 0.15) is 11.6 Å². The van der Waals surface area contributed by atoms with Crippen molar-refractivity contribution < 1.29 is 13.6 Å². The molecule has 2 heterocycles. The molecule has 2 aliphatic rings. The van der Waals surface area contributed by atoms with Crippen LogP contribution in [0.15, 0.2) is 18.2 Å². The molecule has 2 atom stereocenters. The molecule has 1 aromatic rings. The predicted molar refractivity (Wildman–Crippen MR) is 75.9 cm³/mol. The van der Waals surface area contributed by atoms with Crippen molar-refractivity contribution in [2.45, 2.75) is 18.9 Å². The topological polar surface area (TPSA) is 44.4 Å². The van der Waals surface area contributed by atoms with E-state index in [0.29, 0.717) is 12.0 Å². The Hall–Kier alpha value is -1.53. The lowest BCUT2D eigenvalue weighted by Gasteiger charge is -2.34. The van der Waals surface area contributed by atoms with Crippen LogP contribution in [0.5, 0.6) is 0 Å². The van der Waals surface area contributed by atoms with Crippen LogP contribution in [0, 0.1) is 17.6 Å². The number of halogens is 2. The first-order chi connectivity index (χ1) is 10.1. The lowest BCUT2D eigenvalue weighted by atomic mass is 9.93. The standard InChI is InChI=1S/C15H19F2N3O/c16-11-5-12(17)7-13(6-11)19-15(21)9-20-4-2-14-10(8-20)1-3-18-14/h5-7,10,14,18H,1-4,8-9H2,(H,19,21). The van der Waals surface area contributed by atoms with Gasteiger partial charge in [-0.1, -0.05) is 0 Å². The van der Waals surface area contributed by atoms with Crippen molar-refractivity contribution in [1.29, 1.82) is 0 Å². The van der Waals surface area contributed by atoms with Crippen molar-refractivity contribution in [2.75, 3.05) is 31.5 Å². The Morgan fingerprint density at radius 3 is 2.81 bits per heavy atom. The van der Waals surface area contributed by atoms with Gasteiger partial charge in [0.2, 0.25) is 5.91 Å². The molecule has 4 nitrogen and oxygen atoms in total. The fourth-order valence-electron chi connectivity index (χ4n) is 3.30. The highest BCUT2D eigenvalue weighted by atomic mass is 19.1. The summed E-state index contributed by atoms with van der Waals surface area (Å²) in [5.41, 5.74) is 0.162. The average Bonchev–Trinajstić information content (AvgIpc) is 2.84. The molecule has 1 aromatic carbocycles. The van der Waals surface area contributed by atoms with E-state index in [1.54, 1.807) is 0 Å². The van der Waals surface area contributed by atoms with Gasteiger partial charge in [0, 0.05) is 30.9 Å². The molecule has 1 amide bonds. The van der Waals surface area contributed by atoms with E-state index in [2.05, 4.69) is 15.5 Å². The highest BCUT2D eigenvalue weighted by molar-refractivity contribution is 5.92. The van der Waals surface area contributed by atoms with Gasteiger partial charge in [0.15, 0.2) is 0 Å². The molecule has 2 aliphatic heterocycles. The zero-order chi connectivity index (χ0) is 14.8. The SMILES string of the molecule is O=C(CN1CCC2NCCC2C1)Nc1cc(F)cc(F)c1. The summed E-state index contributed by atoms with van der Waals surface area (Å²) in [6, 6.07) is 3.61.